The molecule has 3 amide bonds. The summed E-state index contributed by atoms with van der Waals surface area (Å²) in [5.74, 6) is -0.839. The third-order valence-corrected chi connectivity index (χ3v) is 6.07. The molecular weight excluding hydrogens is 466 g/mol. The van der Waals surface area contributed by atoms with Gasteiger partial charge in [0.25, 0.3) is 0 Å². The fourth-order valence-electron chi connectivity index (χ4n) is 4.33. The maximum Gasteiger partial charge on any atom is 0.408 e. The molecule has 2 aromatic rings. The van der Waals surface area contributed by atoms with Crippen molar-refractivity contribution < 1.29 is 19.1 Å². The first-order valence-corrected chi connectivity index (χ1v) is 12.9. The maximum atomic E-state index is 14.1. The molecule has 2 aromatic carbocycles. The summed E-state index contributed by atoms with van der Waals surface area (Å²) in [6.07, 6.45) is -0.666. The fraction of sp³-hybridized carbons (Fsp3) is 0.500. The van der Waals surface area contributed by atoms with E-state index in [9.17, 15) is 14.4 Å². The van der Waals surface area contributed by atoms with Crippen molar-refractivity contribution in [2.45, 2.75) is 92.6 Å². The quantitative estimate of drug-likeness (QED) is 0.471. The van der Waals surface area contributed by atoms with Gasteiger partial charge in [-0.15, -0.1) is 0 Å². The van der Waals surface area contributed by atoms with Crippen LogP contribution in [0.25, 0.3) is 0 Å². The Hall–Kier alpha value is -3.35. The number of amides is 3. The van der Waals surface area contributed by atoms with Gasteiger partial charge < -0.3 is 20.3 Å². The van der Waals surface area contributed by atoms with Gasteiger partial charge in [-0.25, -0.2) is 4.79 Å². The van der Waals surface area contributed by atoms with E-state index in [0.29, 0.717) is 6.54 Å². The van der Waals surface area contributed by atoms with Gasteiger partial charge in [0.05, 0.1) is 0 Å². The molecule has 0 fully saturated rings. The molecule has 7 heteroatoms. The van der Waals surface area contributed by atoms with E-state index >= 15 is 0 Å². The molecule has 0 aliphatic heterocycles. The van der Waals surface area contributed by atoms with Crippen molar-refractivity contribution in [2.75, 3.05) is 0 Å². The largest absolute Gasteiger partial charge is 0.444 e. The molecule has 37 heavy (non-hydrogen) atoms. The number of aryl methyl sites for hydroxylation is 2. The average molecular weight is 510 g/mol. The van der Waals surface area contributed by atoms with Gasteiger partial charge in [-0.05, 0) is 76.6 Å². The number of alkyl carbamates (subject to hydrolysis) is 1. The van der Waals surface area contributed by atoms with Crippen LogP contribution in [0.2, 0.25) is 0 Å². The lowest BCUT2D eigenvalue weighted by atomic mass is 9.92. The minimum Gasteiger partial charge on any atom is -0.444 e. The van der Waals surface area contributed by atoms with E-state index in [1.165, 1.54) is 0 Å². The number of carbonyl (C=O) groups excluding carboxylic acids is 3. The minimum atomic E-state index is -0.876. The first-order valence-electron chi connectivity index (χ1n) is 12.9. The molecule has 7 nitrogen and oxygen atoms in total. The molecule has 0 aliphatic carbocycles. The number of hydrogen-bond donors (Lipinski definition) is 2. The Bertz CT molecular complexity index is 1050. The third kappa shape index (κ3) is 8.34. The second kappa shape index (κ2) is 12.7. The number of benzene rings is 2. The Kier molecular flexibility index (Phi) is 10.3. The second-order valence-electron chi connectivity index (χ2n) is 11.1. The molecule has 202 valence electrons. The monoisotopic (exact) mass is 509 g/mol. The van der Waals surface area contributed by atoms with Gasteiger partial charge in [-0.1, -0.05) is 62.4 Å². The Balaban J connectivity index is 2.51. The predicted octanol–water partition coefficient (Wildman–Crippen LogP) is 5.45. The maximum absolute atomic E-state index is 14.1. The van der Waals surface area contributed by atoms with Crippen molar-refractivity contribution in [3.05, 3.63) is 70.8 Å². The Morgan fingerprint density at radius 3 is 1.95 bits per heavy atom. The summed E-state index contributed by atoms with van der Waals surface area (Å²) in [6, 6.07) is 13.4. The summed E-state index contributed by atoms with van der Waals surface area (Å²) in [5.41, 5.74) is 2.88. The minimum absolute atomic E-state index is 0.229. The molecular formula is C30H43N3O4. The number of ether oxygens (including phenoxy) is 1. The van der Waals surface area contributed by atoms with Crippen LogP contribution in [-0.2, 0) is 20.9 Å². The highest BCUT2D eigenvalue weighted by molar-refractivity contribution is 5.93. The SMILES string of the molecule is Cc1cccc(C)c1C(C(=O)NCc1ccccc1)N(C(=O)C(NC(=O)OC(C)(C)C)C(C)C)C(C)C. The Labute approximate surface area is 222 Å². The number of carbonyl (C=O) groups is 3. The summed E-state index contributed by atoms with van der Waals surface area (Å²) in [5, 5.41) is 5.79. The van der Waals surface area contributed by atoms with Crippen molar-refractivity contribution in [3.63, 3.8) is 0 Å². The number of nitrogens with one attached hydrogen (secondary N) is 2. The van der Waals surface area contributed by atoms with Gasteiger partial charge in [0.15, 0.2) is 0 Å². The van der Waals surface area contributed by atoms with Gasteiger partial charge >= 0.3 is 6.09 Å². The van der Waals surface area contributed by atoms with Gasteiger partial charge in [-0.2, -0.15) is 0 Å². The van der Waals surface area contributed by atoms with Crippen LogP contribution in [0.1, 0.15) is 76.8 Å². The van der Waals surface area contributed by atoms with E-state index in [-0.39, 0.29) is 23.8 Å². The van der Waals surface area contributed by atoms with E-state index < -0.39 is 23.8 Å². The zero-order valence-corrected chi connectivity index (χ0v) is 23.7. The highest BCUT2D eigenvalue weighted by Crippen LogP contribution is 2.31. The van der Waals surface area contributed by atoms with E-state index in [0.717, 1.165) is 22.3 Å². The first kappa shape index (κ1) is 29.9. The molecule has 0 spiro atoms. The highest BCUT2D eigenvalue weighted by Gasteiger charge is 2.39. The van der Waals surface area contributed by atoms with Gasteiger partial charge in [-0.3, -0.25) is 9.59 Å². The highest BCUT2D eigenvalue weighted by atomic mass is 16.6. The molecule has 2 rings (SSSR count). The second-order valence-corrected chi connectivity index (χ2v) is 11.1. The van der Waals surface area contributed by atoms with Crippen LogP contribution in [0.5, 0.6) is 0 Å². The van der Waals surface area contributed by atoms with E-state index in [2.05, 4.69) is 10.6 Å². The smallest absolute Gasteiger partial charge is 0.408 e. The van der Waals surface area contributed by atoms with Crippen LogP contribution in [-0.4, -0.2) is 40.5 Å². The number of hydrogen-bond acceptors (Lipinski definition) is 4. The van der Waals surface area contributed by atoms with E-state index in [1.807, 2.05) is 90.1 Å². The molecule has 0 bridgehead atoms. The predicted molar refractivity (Wildman–Crippen MR) is 147 cm³/mol. The number of rotatable bonds is 9. The normalized spacial score (nSPS) is 13.2. The molecule has 0 saturated heterocycles. The molecule has 2 atom stereocenters. The summed E-state index contributed by atoms with van der Waals surface area (Å²) >= 11 is 0. The molecule has 2 unspecified atom stereocenters. The third-order valence-electron chi connectivity index (χ3n) is 6.07. The Morgan fingerprint density at radius 2 is 1.46 bits per heavy atom. The molecule has 0 aromatic heterocycles. The lowest BCUT2D eigenvalue weighted by Crippen LogP contribution is -2.56. The van der Waals surface area contributed by atoms with Crippen LogP contribution >= 0.6 is 0 Å². The zero-order chi connectivity index (χ0) is 27.9. The summed E-state index contributed by atoms with van der Waals surface area (Å²) in [4.78, 5) is 42.2. The van der Waals surface area contributed by atoms with Crippen LogP contribution < -0.4 is 10.6 Å². The van der Waals surface area contributed by atoms with Crippen LogP contribution in [0.15, 0.2) is 48.5 Å². The van der Waals surface area contributed by atoms with Crippen molar-refractivity contribution in [1.82, 2.24) is 15.5 Å². The summed E-state index contributed by atoms with van der Waals surface area (Å²) < 4.78 is 5.43. The molecule has 2 N–H and O–H groups in total. The lowest BCUT2D eigenvalue weighted by molar-refractivity contribution is -0.145. The van der Waals surface area contributed by atoms with Crippen molar-refractivity contribution in [1.29, 1.82) is 0 Å². The van der Waals surface area contributed by atoms with E-state index in [4.69, 9.17) is 4.74 Å². The standard InChI is InChI=1S/C30H43N3O4/c1-19(2)25(32-29(36)37-30(7,8)9)28(35)33(20(3)4)26(24-21(5)14-13-15-22(24)6)27(34)31-18-23-16-11-10-12-17-23/h10-17,19-20,25-26H,18H2,1-9H3,(H,31,34)(H,32,36). The Morgan fingerprint density at radius 1 is 0.892 bits per heavy atom. The van der Waals surface area contributed by atoms with Gasteiger partial charge in [0.1, 0.15) is 17.7 Å². The molecule has 0 aliphatic rings. The fourth-order valence-corrected chi connectivity index (χ4v) is 4.33. The van der Waals surface area contributed by atoms with Crippen LogP contribution in [0, 0.1) is 19.8 Å². The summed E-state index contributed by atoms with van der Waals surface area (Å²) in [6.45, 7) is 17.0. The molecule has 0 heterocycles. The van der Waals surface area contributed by atoms with Crippen molar-refractivity contribution >= 4 is 17.9 Å². The molecule has 0 radical (unpaired) electrons. The van der Waals surface area contributed by atoms with Crippen molar-refractivity contribution in [3.8, 4) is 0 Å². The topological polar surface area (TPSA) is 87.7 Å². The lowest BCUT2D eigenvalue weighted by Gasteiger charge is -2.39. The molecule has 0 saturated carbocycles. The van der Waals surface area contributed by atoms with E-state index in [1.54, 1.807) is 25.7 Å². The first-order chi connectivity index (χ1) is 17.2. The van der Waals surface area contributed by atoms with Crippen LogP contribution in [0.3, 0.4) is 0 Å². The zero-order valence-electron chi connectivity index (χ0n) is 23.7. The summed E-state index contributed by atoms with van der Waals surface area (Å²) in [7, 11) is 0. The van der Waals surface area contributed by atoms with Crippen molar-refractivity contribution in [2.24, 2.45) is 5.92 Å². The number of nitrogens with zero attached hydrogens (tertiary/aromatic N) is 1. The average Bonchev–Trinajstić information content (AvgIpc) is 2.79. The van der Waals surface area contributed by atoms with Crippen LogP contribution in [0.4, 0.5) is 4.79 Å². The van der Waals surface area contributed by atoms with Gasteiger partial charge in [0.2, 0.25) is 11.8 Å². The van der Waals surface area contributed by atoms with Gasteiger partial charge in [0, 0.05) is 12.6 Å².